The number of nitrogens with two attached hydrogens (primary N) is 1. The van der Waals surface area contributed by atoms with Gasteiger partial charge >= 0.3 is 5.97 Å². The van der Waals surface area contributed by atoms with Crippen LogP contribution in [0.5, 0.6) is 5.88 Å². The van der Waals surface area contributed by atoms with Crippen LogP contribution < -0.4 is 10.5 Å². The summed E-state index contributed by atoms with van der Waals surface area (Å²) in [6.07, 6.45) is 1.65. The van der Waals surface area contributed by atoms with Crippen LogP contribution in [0.2, 0.25) is 0 Å². The Labute approximate surface area is 116 Å². The minimum absolute atomic E-state index is 0.131. The molecule has 0 saturated heterocycles. The number of aromatic nitrogens is 3. The highest BCUT2D eigenvalue weighted by atomic mass is 16.5. The van der Waals surface area contributed by atoms with E-state index in [-0.39, 0.29) is 11.5 Å². The summed E-state index contributed by atoms with van der Waals surface area (Å²) in [5.41, 5.74) is 7.03. The fourth-order valence-electron chi connectivity index (χ4n) is 1.87. The highest BCUT2D eigenvalue weighted by Crippen LogP contribution is 2.18. The topological polar surface area (TPSA) is 92.3 Å². The molecule has 0 aromatic carbocycles. The van der Waals surface area contributed by atoms with Crippen molar-refractivity contribution in [3.05, 3.63) is 35.4 Å². The first-order valence-electron chi connectivity index (χ1n) is 5.96. The van der Waals surface area contributed by atoms with Gasteiger partial charge in [0.15, 0.2) is 5.69 Å². The number of ether oxygens (including phenoxy) is 2. The lowest BCUT2D eigenvalue weighted by Crippen LogP contribution is -2.09. The number of aryl methyl sites for hydroxylation is 1. The van der Waals surface area contributed by atoms with E-state index in [1.165, 1.54) is 7.11 Å². The maximum Gasteiger partial charge on any atom is 0.360 e. The molecule has 2 aromatic heterocycles. The number of carbonyl (C=O) groups is 1. The lowest BCUT2D eigenvalue weighted by atomic mass is 10.2. The van der Waals surface area contributed by atoms with E-state index in [1.54, 1.807) is 30.9 Å². The maximum absolute atomic E-state index is 11.5. The van der Waals surface area contributed by atoms with E-state index < -0.39 is 5.97 Å². The number of methoxy groups -OCH3 is 2. The molecular weight excluding hydrogens is 260 g/mol. The van der Waals surface area contributed by atoms with Crippen molar-refractivity contribution in [2.24, 2.45) is 0 Å². The number of rotatable bonds is 4. The molecule has 20 heavy (non-hydrogen) atoms. The monoisotopic (exact) mass is 276 g/mol. The van der Waals surface area contributed by atoms with Crippen molar-refractivity contribution in [1.82, 2.24) is 14.5 Å². The molecule has 0 spiro atoms. The van der Waals surface area contributed by atoms with Crippen LogP contribution in [0.3, 0.4) is 0 Å². The summed E-state index contributed by atoms with van der Waals surface area (Å²) in [5, 5.41) is 0. The normalized spacial score (nSPS) is 10.3. The first-order chi connectivity index (χ1) is 9.56. The number of pyridine rings is 1. The highest BCUT2D eigenvalue weighted by Gasteiger charge is 2.19. The van der Waals surface area contributed by atoms with E-state index in [9.17, 15) is 4.79 Å². The molecule has 2 N–H and O–H groups in total. The maximum atomic E-state index is 11.5. The predicted molar refractivity (Wildman–Crippen MR) is 72.6 cm³/mol. The van der Waals surface area contributed by atoms with Crippen LogP contribution in [-0.4, -0.2) is 34.7 Å². The predicted octanol–water partition coefficient (Wildman–Crippen LogP) is 1.01. The molecule has 0 aliphatic carbocycles. The molecule has 0 atom stereocenters. The molecule has 106 valence electrons. The number of imidazole rings is 1. The molecule has 2 rings (SSSR count). The van der Waals surface area contributed by atoms with Crippen LogP contribution in [0.15, 0.2) is 18.3 Å². The summed E-state index contributed by atoms with van der Waals surface area (Å²) in [7, 11) is 2.85. The van der Waals surface area contributed by atoms with Gasteiger partial charge in [-0.1, -0.05) is 0 Å². The highest BCUT2D eigenvalue weighted by molar-refractivity contribution is 5.92. The van der Waals surface area contributed by atoms with E-state index >= 15 is 0 Å². The summed E-state index contributed by atoms with van der Waals surface area (Å²) in [4.78, 5) is 19.7. The van der Waals surface area contributed by atoms with Crippen molar-refractivity contribution in [3.63, 3.8) is 0 Å². The van der Waals surface area contributed by atoms with Crippen LogP contribution in [0.4, 0.5) is 5.82 Å². The van der Waals surface area contributed by atoms with E-state index in [2.05, 4.69) is 14.7 Å². The van der Waals surface area contributed by atoms with Crippen LogP contribution in [0, 0.1) is 6.92 Å². The standard InChI is InChI=1S/C13H16N4O3/c1-8-16-11(13(18)20-3)12(14)17(8)7-9-4-5-15-10(6-9)19-2/h4-6H,7,14H2,1-3H3. The Hall–Kier alpha value is -2.57. The van der Waals surface area contributed by atoms with Crippen molar-refractivity contribution in [1.29, 1.82) is 0 Å². The molecule has 0 radical (unpaired) electrons. The molecule has 0 aliphatic heterocycles. The average Bonchev–Trinajstić information content (AvgIpc) is 2.75. The van der Waals surface area contributed by atoms with Crippen molar-refractivity contribution in [2.45, 2.75) is 13.5 Å². The quantitative estimate of drug-likeness (QED) is 0.838. The zero-order valence-electron chi connectivity index (χ0n) is 11.6. The van der Waals surface area contributed by atoms with Crippen LogP contribution in [-0.2, 0) is 11.3 Å². The van der Waals surface area contributed by atoms with Crippen LogP contribution in [0.1, 0.15) is 21.9 Å². The Balaban J connectivity index is 2.33. The van der Waals surface area contributed by atoms with Gasteiger partial charge in [0.05, 0.1) is 20.8 Å². The lowest BCUT2D eigenvalue weighted by molar-refractivity contribution is 0.0595. The minimum atomic E-state index is -0.545. The Kier molecular flexibility index (Phi) is 3.88. The zero-order chi connectivity index (χ0) is 14.7. The number of anilines is 1. The molecule has 2 heterocycles. The summed E-state index contributed by atoms with van der Waals surface area (Å²) in [6, 6.07) is 3.65. The Morgan fingerprint density at radius 3 is 2.85 bits per heavy atom. The molecule has 0 unspecified atom stereocenters. The molecule has 7 nitrogen and oxygen atoms in total. The zero-order valence-corrected chi connectivity index (χ0v) is 11.6. The largest absolute Gasteiger partial charge is 0.481 e. The van der Waals surface area contributed by atoms with Crippen LogP contribution in [0.25, 0.3) is 0 Å². The van der Waals surface area contributed by atoms with Gasteiger partial charge in [-0.25, -0.2) is 14.8 Å². The molecular formula is C13H16N4O3. The van der Waals surface area contributed by atoms with Gasteiger partial charge in [0.2, 0.25) is 5.88 Å². The number of hydrogen-bond donors (Lipinski definition) is 1. The molecule has 2 aromatic rings. The van der Waals surface area contributed by atoms with Gasteiger partial charge in [0.1, 0.15) is 11.6 Å². The second-order valence-electron chi connectivity index (χ2n) is 4.18. The summed E-state index contributed by atoms with van der Waals surface area (Å²) in [5.74, 6) is 0.896. The fraction of sp³-hybridized carbons (Fsp3) is 0.308. The Bertz CT molecular complexity index is 637. The van der Waals surface area contributed by atoms with Crippen molar-refractivity contribution < 1.29 is 14.3 Å². The molecule has 7 heteroatoms. The smallest absolute Gasteiger partial charge is 0.360 e. The number of carbonyl (C=O) groups excluding carboxylic acids is 1. The van der Waals surface area contributed by atoms with E-state index in [1.807, 2.05) is 6.07 Å². The summed E-state index contributed by atoms with van der Waals surface area (Å²) < 4.78 is 11.5. The van der Waals surface area contributed by atoms with Crippen molar-refractivity contribution >= 4 is 11.8 Å². The van der Waals surface area contributed by atoms with Gasteiger partial charge in [-0.05, 0) is 18.6 Å². The van der Waals surface area contributed by atoms with Gasteiger partial charge in [0, 0.05) is 12.3 Å². The van der Waals surface area contributed by atoms with E-state index in [0.717, 1.165) is 5.56 Å². The average molecular weight is 276 g/mol. The SMILES string of the molecule is COC(=O)c1nc(C)n(Cc2ccnc(OC)c2)c1N. The Morgan fingerprint density at radius 2 is 2.20 bits per heavy atom. The molecule has 0 aliphatic rings. The summed E-state index contributed by atoms with van der Waals surface area (Å²) in [6.45, 7) is 2.25. The lowest BCUT2D eigenvalue weighted by Gasteiger charge is -2.08. The Morgan fingerprint density at radius 1 is 1.45 bits per heavy atom. The first-order valence-corrected chi connectivity index (χ1v) is 5.96. The third-order valence-electron chi connectivity index (χ3n) is 2.93. The van der Waals surface area contributed by atoms with Gasteiger partial charge in [-0.15, -0.1) is 0 Å². The van der Waals surface area contributed by atoms with Gasteiger partial charge in [0.25, 0.3) is 0 Å². The van der Waals surface area contributed by atoms with Gasteiger partial charge in [-0.3, -0.25) is 0 Å². The number of nitrogen functional groups attached to an aromatic ring is 1. The van der Waals surface area contributed by atoms with Gasteiger partial charge in [-0.2, -0.15) is 0 Å². The van der Waals surface area contributed by atoms with E-state index in [0.29, 0.717) is 18.2 Å². The van der Waals surface area contributed by atoms with Crippen molar-refractivity contribution in [2.75, 3.05) is 20.0 Å². The number of esters is 1. The van der Waals surface area contributed by atoms with Crippen molar-refractivity contribution in [3.8, 4) is 5.88 Å². The molecule has 0 bridgehead atoms. The summed E-state index contributed by atoms with van der Waals surface area (Å²) >= 11 is 0. The molecule has 0 amide bonds. The van der Waals surface area contributed by atoms with E-state index in [4.69, 9.17) is 10.5 Å². The number of hydrogen-bond acceptors (Lipinski definition) is 6. The fourth-order valence-corrected chi connectivity index (χ4v) is 1.87. The third kappa shape index (κ3) is 2.56. The molecule has 0 saturated carbocycles. The third-order valence-corrected chi connectivity index (χ3v) is 2.93. The minimum Gasteiger partial charge on any atom is -0.481 e. The second-order valence-corrected chi connectivity index (χ2v) is 4.18. The number of nitrogens with zero attached hydrogens (tertiary/aromatic N) is 3. The van der Waals surface area contributed by atoms with Gasteiger partial charge < -0.3 is 19.8 Å². The first kappa shape index (κ1) is 13.9. The molecule has 0 fully saturated rings. The second kappa shape index (κ2) is 5.60. The van der Waals surface area contributed by atoms with Crippen LogP contribution >= 0.6 is 0 Å².